The van der Waals surface area contributed by atoms with Crippen LogP contribution < -0.4 is 21.1 Å². The third-order valence-corrected chi connectivity index (χ3v) is 6.03. The van der Waals surface area contributed by atoms with Gasteiger partial charge in [-0.25, -0.2) is 9.18 Å². The van der Waals surface area contributed by atoms with Crippen LogP contribution in [-0.2, 0) is 17.9 Å². The van der Waals surface area contributed by atoms with Crippen molar-refractivity contribution in [2.24, 2.45) is 5.73 Å². The smallest absolute Gasteiger partial charge is 0.323 e. The van der Waals surface area contributed by atoms with Crippen molar-refractivity contribution < 1.29 is 23.5 Å². The van der Waals surface area contributed by atoms with Crippen LogP contribution in [0.5, 0.6) is 5.75 Å². The lowest BCUT2D eigenvalue weighted by Crippen LogP contribution is -2.54. The Kier molecular flexibility index (Phi) is 7.99. The van der Waals surface area contributed by atoms with Crippen LogP contribution in [0.1, 0.15) is 21.5 Å². The first-order chi connectivity index (χ1) is 17.9. The van der Waals surface area contributed by atoms with Gasteiger partial charge in [-0.3, -0.25) is 14.5 Å². The molecule has 0 bridgehead atoms. The number of hydrogen-bond acceptors (Lipinski definition) is 5. The van der Waals surface area contributed by atoms with Gasteiger partial charge in [0.1, 0.15) is 11.6 Å². The van der Waals surface area contributed by atoms with E-state index in [4.69, 9.17) is 10.5 Å². The molecule has 1 atom stereocenters. The Bertz CT molecular complexity index is 1280. The number of nitrogens with two attached hydrogens (primary N) is 1. The minimum atomic E-state index is -1.20. The van der Waals surface area contributed by atoms with E-state index in [1.165, 1.54) is 41.2 Å². The van der Waals surface area contributed by atoms with E-state index in [0.29, 0.717) is 23.5 Å². The average molecular weight is 506 g/mol. The third-order valence-electron chi connectivity index (χ3n) is 6.03. The molecule has 192 valence electrons. The number of carbonyl (C=O) groups is 3. The molecule has 0 saturated carbocycles. The Morgan fingerprint density at radius 1 is 0.973 bits per heavy atom. The predicted octanol–water partition coefficient (Wildman–Crippen LogP) is 2.93. The van der Waals surface area contributed by atoms with Crippen LogP contribution in [-0.4, -0.2) is 54.0 Å². The van der Waals surface area contributed by atoms with Crippen molar-refractivity contribution in [1.82, 2.24) is 15.1 Å². The number of rotatable bonds is 7. The van der Waals surface area contributed by atoms with Gasteiger partial charge in [-0.15, -0.1) is 0 Å². The number of ether oxygens (including phenoxy) is 1. The molecule has 4 rings (SSSR count). The van der Waals surface area contributed by atoms with Crippen LogP contribution in [0.3, 0.4) is 0 Å². The van der Waals surface area contributed by atoms with Gasteiger partial charge in [0.25, 0.3) is 11.8 Å². The van der Waals surface area contributed by atoms with E-state index in [-0.39, 0.29) is 19.6 Å². The fourth-order valence-electron chi connectivity index (χ4n) is 4.13. The highest BCUT2D eigenvalue weighted by molar-refractivity contribution is 6.00. The van der Waals surface area contributed by atoms with Gasteiger partial charge in [-0.1, -0.05) is 30.3 Å². The van der Waals surface area contributed by atoms with Gasteiger partial charge in [0.2, 0.25) is 0 Å². The van der Waals surface area contributed by atoms with Crippen LogP contribution in [0.2, 0.25) is 0 Å². The summed E-state index contributed by atoms with van der Waals surface area (Å²) in [6, 6.07) is 18.8. The summed E-state index contributed by atoms with van der Waals surface area (Å²) in [6.07, 6.45) is -1.20. The van der Waals surface area contributed by atoms with Crippen molar-refractivity contribution >= 4 is 23.5 Å². The van der Waals surface area contributed by atoms with E-state index in [1.807, 2.05) is 24.3 Å². The largest absolute Gasteiger partial charge is 0.497 e. The second kappa shape index (κ2) is 11.5. The molecule has 1 fully saturated rings. The Balaban J connectivity index is 1.57. The third kappa shape index (κ3) is 6.04. The molecular weight excluding hydrogens is 477 g/mol. The van der Waals surface area contributed by atoms with Crippen LogP contribution in [0.15, 0.2) is 72.8 Å². The molecule has 3 aromatic rings. The topological polar surface area (TPSA) is 117 Å². The second-order valence-corrected chi connectivity index (χ2v) is 8.48. The van der Waals surface area contributed by atoms with Crippen molar-refractivity contribution in [3.63, 3.8) is 0 Å². The maximum Gasteiger partial charge on any atom is 0.323 e. The van der Waals surface area contributed by atoms with E-state index >= 15 is 0 Å². The van der Waals surface area contributed by atoms with Gasteiger partial charge in [0.15, 0.2) is 6.17 Å². The molecule has 1 saturated heterocycles. The number of carbonyl (C=O) groups excluding carboxylic acids is 3. The molecule has 1 heterocycles. The fourth-order valence-corrected chi connectivity index (χ4v) is 4.13. The molecule has 9 nitrogen and oxygen atoms in total. The van der Waals surface area contributed by atoms with Gasteiger partial charge in [0, 0.05) is 37.4 Å². The number of nitrogens with zero attached hydrogens (tertiary/aromatic N) is 2. The van der Waals surface area contributed by atoms with Gasteiger partial charge >= 0.3 is 6.03 Å². The Morgan fingerprint density at radius 3 is 2.41 bits per heavy atom. The van der Waals surface area contributed by atoms with Gasteiger partial charge in [0.05, 0.1) is 7.11 Å². The average Bonchev–Trinajstić information content (AvgIpc) is 3.38. The molecule has 10 heteroatoms. The summed E-state index contributed by atoms with van der Waals surface area (Å²) >= 11 is 0. The normalized spacial score (nSPS) is 14.8. The molecule has 0 spiro atoms. The molecule has 4 amide bonds. The molecular formula is C27H28FN5O4. The number of amides is 4. The van der Waals surface area contributed by atoms with E-state index in [1.54, 1.807) is 24.3 Å². The monoisotopic (exact) mass is 505 g/mol. The number of nitrogens with one attached hydrogen (secondary N) is 2. The first kappa shape index (κ1) is 25.6. The highest BCUT2D eigenvalue weighted by Gasteiger charge is 2.43. The number of anilines is 1. The fraction of sp³-hybridized carbons (Fsp3) is 0.222. The molecule has 0 aliphatic carbocycles. The summed E-state index contributed by atoms with van der Waals surface area (Å²) in [5, 5.41) is 5.51. The van der Waals surface area contributed by atoms with Crippen LogP contribution in [0.4, 0.5) is 14.9 Å². The number of methoxy groups -OCH3 is 1. The van der Waals surface area contributed by atoms with Crippen molar-refractivity contribution in [3.8, 4) is 5.75 Å². The van der Waals surface area contributed by atoms with E-state index in [0.717, 1.165) is 11.1 Å². The number of urea groups is 1. The molecule has 4 N–H and O–H groups in total. The molecule has 3 aromatic carbocycles. The number of hydrogen-bond donors (Lipinski definition) is 3. The van der Waals surface area contributed by atoms with Crippen LogP contribution in [0, 0.1) is 5.82 Å². The van der Waals surface area contributed by atoms with Gasteiger partial charge < -0.3 is 26.0 Å². The zero-order valence-electron chi connectivity index (χ0n) is 20.3. The highest BCUT2D eigenvalue weighted by Crippen LogP contribution is 2.22. The predicted molar refractivity (Wildman–Crippen MR) is 136 cm³/mol. The number of halogens is 1. The summed E-state index contributed by atoms with van der Waals surface area (Å²) in [4.78, 5) is 42.6. The highest BCUT2D eigenvalue weighted by atomic mass is 19.1. The SMILES string of the molecule is COc1cccc(C(=O)N2CCN(C(=O)Nc3ccc(F)cc3)C2C(=O)NCc2cccc(CN)c2)c1. The zero-order valence-corrected chi connectivity index (χ0v) is 20.3. The maximum atomic E-state index is 13.4. The molecule has 1 unspecified atom stereocenters. The minimum Gasteiger partial charge on any atom is -0.497 e. The van der Waals surface area contributed by atoms with Crippen LogP contribution >= 0.6 is 0 Å². The Morgan fingerprint density at radius 2 is 1.68 bits per heavy atom. The number of benzene rings is 3. The zero-order chi connectivity index (χ0) is 26.4. The molecule has 0 aromatic heterocycles. The Hall–Kier alpha value is -4.44. The first-order valence-electron chi connectivity index (χ1n) is 11.7. The summed E-state index contributed by atoms with van der Waals surface area (Å²) < 4.78 is 18.5. The standard InChI is InChI=1S/C27H28FN5O4/c1-37-23-7-3-6-20(15-23)26(35)32-12-13-33(27(36)31-22-10-8-21(28)9-11-22)25(32)24(34)30-17-19-5-2-4-18(14-19)16-29/h2-11,14-15,25H,12-13,16-17,29H2,1H3,(H,30,34)(H,31,36). The van der Waals surface area contributed by atoms with Crippen molar-refractivity contribution in [2.75, 3.05) is 25.5 Å². The van der Waals surface area contributed by atoms with Gasteiger partial charge in [-0.05, 0) is 53.6 Å². The van der Waals surface area contributed by atoms with Gasteiger partial charge in [-0.2, -0.15) is 0 Å². The first-order valence-corrected chi connectivity index (χ1v) is 11.7. The summed E-state index contributed by atoms with van der Waals surface area (Å²) in [5.74, 6) is -0.871. The minimum absolute atomic E-state index is 0.128. The summed E-state index contributed by atoms with van der Waals surface area (Å²) in [5.41, 5.74) is 8.16. The summed E-state index contributed by atoms with van der Waals surface area (Å²) in [6.45, 7) is 0.833. The lowest BCUT2D eigenvalue weighted by molar-refractivity contribution is -0.128. The molecule has 1 aliphatic heterocycles. The van der Waals surface area contributed by atoms with Crippen LogP contribution in [0.25, 0.3) is 0 Å². The molecule has 1 aliphatic rings. The second-order valence-electron chi connectivity index (χ2n) is 8.48. The molecule has 37 heavy (non-hydrogen) atoms. The van der Waals surface area contributed by atoms with Crippen molar-refractivity contribution in [2.45, 2.75) is 19.3 Å². The molecule has 0 radical (unpaired) electrons. The van der Waals surface area contributed by atoms with E-state index < -0.39 is 29.8 Å². The Labute approximate surface area is 214 Å². The lowest BCUT2D eigenvalue weighted by Gasteiger charge is -2.29. The summed E-state index contributed by atoms with van der Waals surface area (Å²) in [7, 11) is 1.50. The van der Waals surface area contributed by atoms with Crippen molar-refractivity contribution in [3.05, 3.63) is 95.3 Å². The maximum absolute atomic E-state index is 13.4. The lowest BCUT2D eigenvalue weighted by atomic mass is 10.1. The van der Waals surface area contributed by atoms with E-state index in [2.05, 4.69) is 10.6 Å². The van der Waals surface area contributed by atoms with Crippen molar-refractivity contribution in [1.29, 1.82) is 0 Å². The van der Waals surface area contributed by atoms with E-state index in [9.17, 15) is 18.8 Å². The quantitative estimate of drug-likeness (QED) is 0.457.